The molecule has 1 N–H and O–H groups in total. The van der Waals surface area contributed by atoms with Gasteiger partial charge in [-0.1, -0.05) is 59.2 Å². The molecule has 2 aromatic carbocycles. The molecule has 6 nitrogen and oxygen atoms in total. The predicted octanol–water partition coefficient (Wildman–Crippen LogP) is 4.70. The van der Waals surface area contributed by atoms with E-state index < -0.39 is 0 Å². The van der Waals surface area contributed by atoms with Gasteiger partial charge in [-0.2, -0.15) is 4.98 Å². The van der Waals surface area contributed by atoms with Crippen LogP contribution in [0.15, 0.2) is 59.1 Å². The van der Waals surface area contributed by atoms with Crippen LogP contribution >= 0.6 is 11.6 Å². The molecule has 1 fully saturated rings. The monoisotopic (exact) mass is 438 g/mol. The molecule has 1 aliphatic rings. The number of amides is 1. The van der Waals surface area contributed by atoms with Gasteiger partial charge in [0.2, 0.25) is 17.6 Å². The molecule has 7 heteroatoms. The fourth-order valence-corrected chi connectivity index (χ4v) is 4.13. The summed E-state index contributed by atoms with van der Waals surface area (Å²) in [5.41, 5.74) is 1.98. The minimum absolute atomic E-state index is 0.0988. The summed E-state index contributed by atoms with van der Waals surface area (Å²) in [7, 11) is 0. The Morgan fingerprint density at radius 2 is 1.94 bits per heavy atom. The van der Waals surface area contributed by atoms with E-state index in [1.807, 2.05) is 54.6 Å². The van der Waals surface area contributed by atoms with E-state index >= 15 is 0 Å². The molecule has 2 heterocycles. The Labute approximate surface area is 187 Å². The number of halogens is 1. The Morgan fingerprint density at radius 1 is 1.13 bits per heavy atom. The quantitative estimate of drug-likeness (QED) is 0.552. The molecule has 162 valence electrons. The lowest BCUT2D eigenvalue weighted by atomic mass is 9.92. The number of nitrogens with zero attached hydrogens (tertiary/aromatic N) is 3. The van der Waals surface area contributed by atoms with Gasteiger partial charge in [0.1, 0.15) is 0 Å². The maximum Gasteiger partial charge on any atom is 0.241 e. The van der Waals surface area contributed by atoms with Crippen molar-refractivity contribution in [1.82, 2.24) is 20.4 Å². The summed E-state index contributed by atoms with van der Waals surface area (Å²) < 4.78 is 5.43. The second kappa shape index (κ2) is 10.6. The highest BCUT2D eigenvalue weighted by Gasteiger charge is 2.21. The van der Waals surface area contributed by atoms with Gasteiger partial charge >= 0.3 is 0 Å². The topological polar surface area (TPSA) is 71.3 Å². The molecular formula is C24H27ClN4O2. The highest BCUT2D eigenvalue weighted by Crippen LogP contribution is 2.23. The first-order valence-corrected chi connectivity index (χ1v) is 11.1. The second-order valence-corrected chi connectivity index (χ2v) is 8.48. The Kier molecular flexibility index (Phi) is 7.33. The molecule has 0 saturated carbocycles. The zero-order valence-electron chi connectivity index (χ0n) is 17.5. The molecule has 3 aromatic rings. The van der Waals surface area contributed by atoms with Crippen molar-refractivity contribution in [1.29, 1.82) is 0 Å². The van der Waals surface area contributed by atoms with Crippen LogP contribution in [0.4, 0.5) is 0 Å². The van der Waals surface area contributed by atoms with Crippen LogP contribution < -0.4 is 5.32 Å². The summed E-state index contributed by atoms with van der Waals surface area (Å²) in [5, 5.41) is 7.77. The number of piperidine rings is 1. The Hall–Kier alpha value is -2.70. The minimum Gasteiger partial charge on any atom is -0.352 e. The molecule has 0 unspecified atom stereocenters. The van der Waals surface area contributed by atoms with Crippen molar-refractivity contribution in [2.45, 2.75) is 38.8 Å². The van der Waals surface area contributed by atoms with E-state index in [2.05, 4.69) is 20.4 Å². The van der Waals surface area contributed by atoms with Crippen LogP contribution in [0.5, 0.6) is 0 Å². The van der Waals surface area contributed by atoms with Crippen molar-refractivity contribution in [3.8, 4) is 11.4 Å². The number of benzene rings is 2. The maximum atomic E-state index is 12.2. The lowest BCUT2D eigenvalue weighted by Gasteiger charge is -2.30. The van der Waals surface area contributed by atoms with Crippen LogP contribution in [0, 0.1) is 5.92 Å². The summed E-state index contributed by atoms with van der Waals surface area (Å²) in [6, 6.07) is 17.4. The molecule has 1 saturated heterocycles. The first-order valence-electron chi connectivity index (χ1n) is 10.8. The Bertz CT molecular complexity index is 984. The summed E-state index contributed by atoms with van der Waals surface area (Å²) in [4.78, 5) is 19.1. The van der Waals surface area contributed by atoms with E-state index in [0.717, 1.165) is 43.5 Å². The predicted molar refractivity (Wildman–Crippen MR) is 120 cm³/mol. The number of carbonyl (C=O) groups is 1. The van der Waals surface area contributed by atoms with Crippen LogP contribution in [0.2, 0.25) is 5.02 Å². The fourth-order valence-electron chi connectivity index (χ4n) is 3.92. The van der Waals surface area contributed by atoms with Gasteiger partial charge in [-0.15, -0.1) is 0 Å². The van der Waals surface area contributed by atoms with Crippen molar-refractivity contribution >= 4 is 17.5 Å². The number of hydrogen-bond donors (Lipinski definition) is 1. The maximum absolute atomic E-state index is 12.2. The molecule has 0 bridgehead atoms. The molecule has 1 aliphatic heterocycles. The van der Waals surface area contributed by atoms with Gasteiger partial charge in [-0.25, -0.2) is 0 Å². The zero-order valence-corrected chi connectivity index (χ0v) is 18.2. The lowest BCUT2D eigenvalue weighted by molar-refractivity contribution is -0.121. The number of nitrogens with one attached hydrogen (secondary N) is 1. The van der Waals surface area contributed by atoms with Crippen molar-refractivity contribution in [3.05, 3.63) is 71.1 Å². The third-order valence-corrected chi connectivity index (χ3v) is 5.96. The van der Waals surface area contributed by atoms with Gasteiger partial charge in [0, 0.05) is 23.6 Å². The smallest absolute Gasteiger partial charge is 0.241 e. The highest BCUT2D eigenvalue weighted by molar-refractivity contribution is 6.30. The van der Waals surface area contributed by atoms with E-state index in [1.165, 1.54) is 0 Å². The van der Waals surface area contributed by atoms with Gasteiger partial charge in [0.15, 0.2) is 0 Å². The lowest BCUT2D eigenvalue weighted by Crippen LogP contribution is -2.34. The largest absolute Gasteiger partial charge is 0.352 e. The molecule has 0 aliphatic carbocycles. The van der Waals surface area contributed by atoms with E-state index in [1.54, 1.807) is 0 Å². The van der Waals surface area contributed by atoms with Gasteiger partial charge in [-0.3, -0.25) is 9.69 Å². The van der Waals surface area contributed by atoms with E-state index in [9.17, 15) is 4.79 Å². The second-order valence-electron chi connectivity index (χ2n) is 8.04. The number of hydrogen-bond acceptors (Lipinski definition) is 5. The molecule has 1 amide bonds. The van der Waals surface area contributed by atoms with Crippen LogP contribution in [0.25, 0.3) is 11.4 Å². The van der Waals surface area contributed by atoms with Crippen LogP contribution in [-0.2, 0) is 17.9 Å². The molecule has 1 aromatic heterocycles. The molecule has 31 heavy (non-hydrogen) atoms. The van der Waals surface area contributed by atoms with E-state index in [4.69, 9.17) is 16.1 Å². The molecule has 0 atom stereocenters. The van der Waals surface area contributed by atoms with Crippen molar-refractivity contribution < 1.29 is 9.32 Å². The van der Waals surface area contributed by atoms with Gasteiger partial charge in [0.05, 0.1) is 6.54 Å². The zero-order chi connectivity index (χ0) is 21.5. The van der Waals surface area contributed by atoms with Gasteiger partial charge in [-0.05, 0) is 56.0 Å². The highest BCUT2D eigenvalue weighted by atomic mass is 35.5. The average Bonchev–Trinajstić information content (AvgIpc) is 3.26. The van der Waals surface area contributed by atoms with Crippen molar-refractivity contribution in [3.63, 3.8) is 0 Å². The summed E-state index contributed by atoms with van der Waals surface area (Å²) in [5.74, 6) is 1.96. The first kappa shape index (κ1) is 21.5. The van der Waals surface area contributed by atoms with Gasteiger partial charge < -0.3 is 9.84 Å². The molecule has 4 rings (SSSR count). The number of rotatable bonds is 8. The van der Waals surface area contributed by atoms with E-state index in [0.29, 0.717) is 42.2 Å². The summed E-state index contributed by atoms with van der Waals surface area (Å²) >= 11 is 5.98. The summed E-state index contributed by atoms with van der Waals surface area (Å²) in [6.45, 7) is 3.16. The average molecular weight is 439 g/mol. The number of carbonyl (C=O) groups excluding carboxylic acids is 1. The number of likely N-dealkylation sites (tertiary alicyclic amines) is 1. The molecular weight excluding hydrogens is 412 g/mol. The van der Waals surface area contributed by atoms with Gasteiger partial charge in [0.25, 0.3) is 0 Å². The van der Waals surface area contributed by atoms with Crippen LogP contribution in [0.3, 0.4) is 0 Å². The van der Waals surface area contributed by atoms with Crippen molar-refractivity contribution in [2.75, 3.05) is 13.1 Å². The third kappa shape index (κ3) is 6.39. The molecule has 0 radical (unpaired) electrons. The van der Waals surface area contributed by atoms with Crippen LogP contribution in [0.1, 0.15) is 37.1 Å². The first-order chi connectivity index (χ1) is 15.2. The molecule has 0 spiro atoms. The standard InChI is InChI=1S/C24H27ClN4O2/c25-21-8-4-5-19(15-21)16-26-22(30)10-9-18-11-13-29(14-12-18)17-23-27-24(28-31-23)20-6-2-1-3-7-20/h1-8,15,18H,9-14,16-17H2,(H,26,30). The SMILES string of the molecule is O=C(CCC1CCN(Cc2nc(-c3ccccc3)no2)CC1)NCc1cccc(Cl)c1. The minimum atomic E-state index is 0.0988. The Balaban J connectivity index is 1.15. The van der Waals surface area contributed by atoms with Crippen LogP contribution in [-0.4, -0.2) is 34.0 Å². The third-order valence-electron chi connectivity index (χ3n) is 5.72. The normalized spacial score (nSPS) is 15.1. The Morgan fingerprint density at radius 3 is 2.71 bits per heavy atom. The van der Waals surface area contributed by atoms with E-state index in [-0.39, 0.29) is 5.91 Å². The summed E-state index contributed by atoms with van der Waals surface area (Å²) in [6.07, 6.45) is 3.66. The fraction of sp³-hybridized carbons (Fsp3) is 0.375. The van der Waals surface area contributed by atoms with Crippen molar-refractivity contribution in [2.24, 2.45) is 5.92 Å². The number of aromatic nitrogens is 2.